The Morgan fingerprint density at radius 3 is 1.29 bits per heavy atom. The van der Waals surface area contributed by atoms with Gasteiger partial charge in [-0.2, -0.15) is 110 Å². The van der Waals surface area contributed by atoms with Crippen LogP contribution in [-0.2, 0) is 67.2 Å². The summed E-state index contributed by atoms with van der Waals surface area (Å²) in [5, 5.41) is 59.0. The van der Waals surface area contributed by atoms with Gasteiger partial charge in [0.25, 0.3) is 0 Å². The van der Waals surface area contributed by atoms with E-state index in [1.54, 1.807) is 18.7 Å². The van der Waals surface area contributed by atoms with Crippen LogP contribution in [0.5, 0.6) is 11.8 Å². The summed E-state index contributed by atoms with van der Waals surface area (Å²) >= 11 is 0. The summed E-state index contributed by atoms with van der Waals surface area (Å²) in [7, 11) is -1.18. The van der Waals surface area contributed by atoms with Crippen molar-refractivity contribution in [3.05, 3.63) is 97.1 Å². The predicted molar refractivity (Wildman–Crippen MR) is 365 cm³/mol. The Kier molecular flexibility index (Phi) is 30.0. The first kappa shape index (κ1) is 92.2. The van der Waals surface area contributed by atoms with E-state index in [0.29, 0.717) is 77.5 Å². The van der Waals surface area contributed by atoms with Gasteiger partial charge in [-0.05, 0) is 69.5 Å². The van der Waals surface area contributed by atoms with Crippen LogP contribution in [0.1, 0.15) is 87.2 Å². The summed E-state index contributed by atoms with van der Waals surface area (Å²) < 4.78 is 230. The highest BCUT2D eigenvalue weighted by molar-refractivity contribution is 6.76. The zero-order chi connectivity index (χ0) is 86.3. The van der Waals surface area contributed by atoms with Gasteiger partial charge in [0.2, 0.25) is 23.4 Å². The molecule has 2 saturated carbocycles. The topological polar surface area (TPSA) is 442 Å². The van der Waals surface area contributed by atoms with Crippen LogP contribution in [0.15, 0.2) is 74.1 Å². The molecule has 10 heterocycles. The number of rotatable bonds is 19. The standard InChI is InChI=1S/C32H41F3N10O2Si.C26H27F3N10O.4C2HF3O2/c1-48(2,3)13-12-46-21-43-11-8-26-28(38-20-39-29(26)43)22-16-40-45(17-22)31(9-10-36)18-44(19-31)24-4-6-25(7-5-24)47-27-14-23(15-37)41-30(42-27)32(33,34)35;27-26(28,29)24-36-17(10-31)9-21(37-24)40-19-3-1-18(2-4-19)38-13-25(14-38,6-7-30)39-12-16(11-35-39)22-20-5-8-32-23(20)34-15-33-22;4*3-2(4,5)1(6)7/h8,11,14,16-17,20,24-25H,4-7,9,12-13,15,18-19,21,37H2,1-3H3;5,8-9,11-12,15,18-19H,1-4,6,10,13-14,31H2,(H,32,33,34);4*(H,6,7)/t24-,25-;18-,19+;;;;. The van der Waals surface area contributed by atoms with Crippen molar-refractivity contribution >= 4 is 54.0 Å². The third-order valence-corrected chi connectivity index (χ3v) is 19.6. The van der Waals surface area contributed by atoms with Crippen LogP contribution in [0.3, 0.4) is 0 Å². The number of halogens is 18. The van der Waals surface area contributed by atoms with Gasteiger partial charge in [-0.1, -0.05) is 19.6 Å². The molecule has 2 saturated heterocycles. The largest absolute Gasteiger partial charge is 0.490 e. The first-order chi connectivity index (χ1) is 53.9. The molecule has 8 aromatic rings. The average molecular weight is 1690 g/mol. The van der Waals surface area contributed by atoms with Crippen LogP contribution in [0.2, 0.25) is 25.7 Å². The second-order valence-electron chi connectivity index (χ2n) is 27.6. The Morgan fingerprint density at radius 1 is 0.560 bits per heavy atom. The highest BCUT2D eigenvalue weighted by Gasteiger charge is 2.51. The Labute approximate surface area is 644 Å². The van der Waals surface area contributed by atoms with Crippen molar-refractivity contribution in [3.8, 4) is 46.4 Å². The van der Waals surface area contributed by atoms with Crippen LogP contribution < -0.4 is 20.9 Å². The first-order valence-corrected chi connectivity index (χ1v) is 38.0. The number of aromatic amines is 1. The fourth-order valence-corrected chi connectivity index (χ4v) is 13.0. The summed E-state index contributed by atoms with van der Waals surface area (Å²) in [5.74, 6) is -13.7. The molecule has 2 aliphatic carbocycles. The minimum Gasteiger partial charge on any atom is -0.475 e. The van der Waals surface area contributed by atoms with Crippen molar-refractivity contribution in [2.75, 3.05) is 32.8 Å². The highest BCUT2D eigenvalue weighted by Crippen LogP contribution is 2.42. The molecular weight excluding hydrogens is 1620 g/mol. The summed E-state index contributed by atoms with van der Waals surface area (Å²) in [6.07, 6.45) is -9.22. The molecule has 116 heavy (non-hydrogen) atoms. The Bertz CT molecular complexity index is 4640. The molecule has 0 atom stereocenters. The lowest BCUT2D eigenvalue weighted by atomic mass is 9.82. The number of nitrogens with two attached hydrogens (primary N) is 2. The lowest BCUT2D eigenvalue weighted by Gasteiger charge is -2.53. The predicted octanol–water partition coefficient (Wildman–Crippen LogP) is 11.1. The third kappa shape index (κ3) is 25.3. The molecule has 12 rings (SSSR count). The molecule has 0 bridgehead atoms. The number of nitrogens with zero attached hydrogens (tertiary/aromatic N) is 17. The number of H-pyrrole nitrogens is 1. The van der Waals surface area contributed by atoms with Gasteiger partial charge in [0.15, 0.2) is 0 Å². The van der Waals surface area contributed by atoms with E-state index in [-0.39, 0.29) is 54.5 Å². The molecule has 9 N–H and O–H groups in total. The minimum absolute atomic E-state index is 0.0811. The maximum atomic E-state index is 13.3. The normalized spacial score (nSPS) is 18.3. The van der Waals surface area contributed by atoms with E-state index in [0.717, 1.165) is 82.9 Å². The molecule has 4 aliphatic rings. The molecule has 31 nitrogen and oxygen atoms in total. The van der Waals surface area contributed by atoms with Crippen molar-refractivity contribution in [2.45, 2.75) is 182 Å². The molecule has 50 heteroatoms. The number of nitrogens with one attached hydrogen (secondary N) is 1. The maximum absolute atomic E-state index is 13.3. The molecule has 0 unspecified atom stereocenters. The SMILES string of the molecule is C[Si](C)(C)CCOCn1ccc2c(-c3cnn(C4(CC#N)CN([C@H]5CC[C@H](Oc6cc(CN)nc(C(F)(F)F)n6)CC5)C4)c3)ncnc21.N#CCC1(n2cc(-c3ncnc4[nH]ccc34)cn2)CN([C@H]2CC[C@@H](Oc3cc(CN)nc(C(F)(F)F)n3)CC2)C1.O=C(O)C(F)(F)F.O=C(O)C(F)(F)F.O=C(O)C(F)(F)F.O=C(O)C(F)(F)F. The van der Waals surface area contributed by atoms with E-state index in [1.165, 1.54) is 18.5 Å². The molecule has 0 amide bonds. The van der Waals surface area contributed by atoms with Crippen LogP contribution in [0.25, 0.3) is 44.6 Å². The number of hydrogen-bond donors (Lipinski definition) is 7. The van der Waals surface area contributed by atoms with Crippen molar-refractivity contribution in [1.82, 2.24) is 78.8 Å². The smallest absolute Gasteiger partial charge is 0.475 e. The number of alkyl halides is 18. The second-order valence-corrected chi connectivity index (χ2v) is 33.2. The number of likely N-dealkylation sites (tertiary alicyclic amines) is 2. The number of carbonyl (C=O) groups is 4. The fourth-order valence-electron chi connectivity index (χ4n) is 12.2. The monoisotopic (exact) mass is 1690 g/mol. The summed E-state index contributed by atoms with van der Waals surface area (Å²) in [6.45, 7) is 10.6. The van der Waals surface area contributed by atoms with Crippen LogP contribution in [0.4, 0.5) is 79.0 Å². The number of aromatic nitrogens is 14. The number of aliphatic carboxylic acids is 4. The molecule has 8 aromatic heterocycles. The number of carboxylic acid groups (broad SMARTS) is 4. The fraction of sp³-hybridized carbons (Fsp3) is 0.515. The number of fused-ring (bicyclic) bond motifs is 2. The average Bonchev–Trinajstić information content (AvgIpc) is 1.42. The number of hydrogen-bond acceptors (Lipinski definition) is 23. The van der Waals surface area contributed by atoms with Gasteiger partial charge < -0.3 is 55.7 Å². The lowest BCUT2D eigenvalue weighted by Crippen LogP contribution is -2.65. The quantitative estimate of drug-likeness (QED) is 0.0225. The van der Waals surface area contributed by atoms with Gasteiger partial charge in [-0.3, -0.25) is 19.2 Å². The van der Waals surface area contributed by atoms with E-state index < -0.39 is 91.7 Å². The van der Waals surface area contributed by atoms with E-state index in [9.17, 15) is 89.6 Å². The number of ether oxygens (including phenoxy) is 3. The van der Waals surface area contributed by atoms with Gasteiger partial charge in [0.05, 0.1) is 60.1 Å². The summed E-state index contributed by atoms with van der Waals surface area (Å²) in [5.41, 5.74) is 15.1. The number of carboxylic acids is 4. The molecule has 0 spiro atoms. The Balaban J connectivity index is 0.000000243. The second kappa shape index (κ2) is 37.8. The van der Waals surface area contributed by atoms with Crippen LogP contribution in [0, 0.1) is 22.7 Å². The zero-order valence-corrected chi connectivity index (χ0v) is 61.9. The molecule has 0 aromatic carbocycles. The maximum Gasteiger partial charge on any atom is 0.490 e. The van der Waals surface area contributed by atoms with Gasteiger partial charge in [0, 0.05) is 125 Å². The Morgan fingerprint density at radius 2 is 0.940 bits per heavy atom. The van der Waals surface area contributed by atoms with E-state index in [2.05, 4.69) is 91.5 Å². The van der Waals surface area contributed by atoms with Gasteiger partial charge in [-0.15, -0.1) is 0 Å². The highest BCUT2D eigenvalue weighted by atomic mass is 28.3. The van der Waals surface area contributed by atoms with Crippen molar-refractivity contribution in [1.29, 1.82) is 10.5 Å². The zero-order valence-electron chi connectivity index (χ0n) is 60.9. The molecule has 632 valence electrons. The van der Waals surface area contributed by atoms with Crippen molar-refractivity contribution in [3.63, 3.8) is 0 Å². The third-order valence-electron chi connectivity index (χ3n) is 17.9. The minimum atomic E-state index is -5.08. The lowest BCUT2D eigenvalue weighted by molar-refractivity contribution is -0.193. The van der Waals surface area contributed by atoms with E-state index >= 15 is 0 Å². The first-order valence-electron chi connectivity index (χ1n) is 34.3. The summed E-state index contributed by atoms with van der Waals surface area (Å²) in [4.78, 5) is 75.3. The molecule has 0 radical (unpaired) electrons. The van der Waals surface area contributed by atoms with E-state index in [4.69, 9.17) is 70.4 Å². The van der Waals surface area contributed by atoms with Gasteiger partial charge in [0.1, 0.15) is 54.0 Å². The van der Waals surface area contributed by atoms with Gasteiger partial charge in [-0.25, -0.2) is 49.1 Å². The van der Waals surface area contributed by atoms with Crippen molar-refractivity contribution in [2.24, 2.45) is 11.5 Å². The van der Waals surface area contributed by atoms with Crippen LogP contribution in [-0.4, -0.2) is 213 Å². The molecule has 2 aliphatic heterocycles. The van der Waals surface area contributed by atoms with Crippen LogP contribution >= 0.6 is 0 Å². The molecular formula is C66H72F18N20O11Si. The van der Waals surface area contributed by atoms with Crippen molar-refractivity contribution < 1.29 is 133 Å². The number of nitriles is 2. The van der Waals surface area contributed by atoms with E-state index in [1.807, 2.05) is 50.9 Å². The van der Waals surface area contributed by atoms with Gasteiger partial charge >= 0.3 is 60.9 Å². The molecule has 4 fully saturated rings. The summed E-state index contributed by atoms with van der Waals surface area (Å²) in [6, 6.07) is 13.0. The Hall–Kier alpha value is -11.0.